The Labute approximate surface area is 124 Å². The quantitative estimate of drug-likeness (QED) is 0.935. The van der Waals surface area contributed by atoms with Gasteiger partial charge in [0.1, 0.15) is 11.6 Å². The zero-order chi connectivity index (χ0) is 14.9. The predicted molar refractivity (Wildman–Crippen MR) is 81.9 cm³/mol. The molecule has 0 saturated carbocycles. The highest BCUT2D eigenvalue weighted by molar-refractivity contribution is 5.47. The highest BCUT2D eigenvalue weighted by Gasteiger charge is 2.28. The Bertz CT molecular complexity index is 651. The summed E-state index contributed by atoms with van der Waals surface area (Å²) in [4.78, 5) is 0. The summed E-state index contributed by atoms with van der Waals surface area (Å²) >= 11 is 0. The molecule has 1 aliphatic heterocycles. The maximum absolute atomic E-state index is 13.9. The minimum absolute atomic E-state index is 0.208. The second-order valence-corrected chi connectivity index (χ2v) is 5.93. The smallest absolute Gasteiger partial charge is 0.127 e. The molecule has 0 aromatic heterocycles. The number of halogens is 1. The van der Waals surface area contributed by atoms with Crippen LogP contribution in [0.5, 0.6) is 5.75 Å². The third kappa shape index (κ3) is 2.79. The number of aryl methyl sites for hydroxylation is 1. The third-order valence-electron chi connectivity index (χ3n) is 4.06. The van der Waals surface area contributed by atoms with Crippen molar-refractivity contribution in [3.63, 3.8) is 0 Å². The molecule has 0 fully saturated rings. The standard InChI is InChI=1S/C18H20FNO/c1-18(20,12-14-6-2-3-10-16(14)19)15-9-4-7-13-8-5-11-21-17(13)15/h2-4,6-7,9-10H,5,8,11-12,20H2,1H3. The number of fused-ring (bicyclic) bond motifs is 1. The van der Waals surface area contributed by atoms with Crippen LogP contribution in [0, 0.1) is 5.82 Å². The highest BCUT2D eigenvalue weighted by atomic mass is 19.1. The fraction of sp³-hybridized carbons (Fsp3) is 0.333. The first-order chi connectivity index (χ1) is 10.1. The van der Waals surface area contributed by atoms with Gasteiger partial charge in [-0.25, -0.2) is 4.39 Å². The van der Waals surface area contributed by atoms with E-state index < -0.39 is 5.54 Å². The van der Waals surface area contributed by atoms with E-state index in [1.807, 2.05) is 25.1 Å². The molecule has 2 nitrogen and oxygen atoms in total. The lowest BCUT2D eigenvalue weighted by Crippen LogP contribution is -2.36. The van der Waals surface area contributed by atoms with Gasteiger partial charge in [-0.2, -0.15) is 0 Å². The van der Waals surface area contributed by atoms with Gasteiger partial charge in [0.2, 0.25) is 0 Å². The second-order valence-electron chi connectivity index (χ2n) is 5.93. The van der Waals surface area contributed by atoms with Crippen LogP contribution in [0.15, 0.2) is 42.5 Å². The van der Waals surface area contributed by atoms with E-state index in [1.165, 1.54) is 11.6 Å². The first-order valence-electron chi connectivity index (χ1n) is 7.35. The average molecular weight is 285 g/mol. The second kappa shape index (κ2) is 5.49. The minimum Gasteiger partial charge on any atom is -0.493 e. The van der Waals surface area contributed by atoms with E-state index in [0.717, 1.165) is 30.8 Å². The molecular formula is C18H20FNO. The van der Waals surface area contributed by atoms with Gasteiger partial charge < -0.3 is 10.5 Å². The van der Waals surface area contributed by atoms with E-state index in [2.05, 4.69) is 6.07 Å². The summed E-state index contributed by atoms with van der Waals surface area (Å²) in [6.45, 7) is 2.66. The molecule has 3 rings (SSSR count). The molecule has 0 radical (unpaired) electrons. The summed E-state index contributed by atoms with van der Waals surface area (Å²) in [6, 6.07) is 12.9. The predicted octanol–water partition coefficient (Wildman–Crippen LogP) is 3.57. The van der Waals surface area contributed by atoms with Crippen molar-refractivity contribution in [3.05, 3.63) is 65.0 Å². The van der Waals surface area contributed by atoms with Crippen molar-refractivity contribution in [3.8, 4) is 5.75 Å². The number of rotatable bonds is 3. The first-order valence-corrected chi connectivity index (χ1v) is 7.35. The Morgan fingerprint density at radius 2 is 2.00 bits per heavy atom. The number of benzene rings is 2. The normalized spacial score (nSPS) is 16.7. The number of para-hydroxylation sites is 1. The van der Waals surface area contributed by atoms with Gasteiger partial charge in [0.15, 0.2) is 0 Å². The van der Waals surface area contributed by atoms with Crippen molar-refractivity contribution in [2.45, 2.75) is 31.7 Å². The molecule has 0 saturated heterocycles. The highest BCUT2D eigenvalue weighted by Crippen LogP contribution is 2.36. The van der Waals surface area contributed by atoms with Crippen LogP contribution in [-0.2, 0) is 18.4 Å². The van der Waals surface area contributed by atoms with Gasteiger partial charge in [0.05, 0.1) is 6.61 Å². The molecule has 1 aliphatic rings. The molecule has 1 atom stereocenters. The number of hydrogen-bond acceptors (Lipinski definition) is 2. The van der Waals surface area contributed by atoms with Crippen LogP contribution in [0.2, 0.25) is 0 Å². The summed E-state index contributed by atoms with van der Waals surface area (Å²) in [6.07, 6.45) is 2.49. The van der Waals surface area contributed by atoms with Crippen LogP contribution < -0.4 is 10.5 Å². The SMILES string of the molecule is CC(N)(Cc1ccccc1F)c1cccc2c1OCCC2. The minimum atomic E-state index is -0.662. The van der Waals surface area contributed by atoms with Gasteiger partial charge in [0.25, 0.3) is 0 Å². The molecule has 2 aromatic rings. The molecule has 110 valence electrons. The van der Waals surface area contributed by atoms with E-state index in [4.69, 9.17) is 10.5 Å². The van der Waals surface area contributed by atoms with Crippen LogP contribution in [0.3, 0.4) is 0 Å². The lowest BCUT2D eigenvalue weighted by Gasteiger charge is -2.30. The number of hydrogen-bond donors (Lipinski definition) is 1. The molecule has 3 heteroatoms. The number of ether oxygens (including phenoxy) is 1. The molecule has 0 spiro atoms. The van der Waals surface area contributed by atoms with Crippen molar-refractivity contribution < 1.29 is 9.13 Å². The van der Waals surface area contributed by atoms with Gasteiger partial charge >= 0.3 is 0 Å². The summed E-state index contributed by atoms with van der Waals surface area (Å²) in [5.74, 6) is 0.685. The van der Waals surface area contributed by atoms with Gasteiger partial charge in [-0.05, 0) is 43.4 Å². The van der Waals surface area contributed by atoms with Gasteiger partial charge in [0, 0.05) is 11.1 Å². The molecule has 0 amide bonds. The maximum Gasteiger partial charge on any atom is 0.127 e. The van der Waals surface area contributed by atoms with Crippen LogP contribution in [0.1, 0.15) is 30.0 Å². The van der Waals surface area contributed by atoms with Crippen LogP contribution in [0.4, 0.5) is 4.39 Å². The summed E-state index contributed by atoms with van der Waals surface area (Å²) < 4.78 is 19.7. The van der Waals surface area contributed by atoms with Crippen molar-refractivity contribution in [2.24, 2.45) is 5.73 Å². The van der Waals surface area contributed by atoms with Crippen molar-refractivity contribution in [2.75, 3.05) is 6.61 Å². The van der Waals surface area contributed by atoms with Crippen LogP contribution >= 0.6 is 0 Å². The zero-order valence-corrected chi connectivity index (χ0v) is 12.2. The average Bonchev–Trinajstić information content (AvgIpc) is 2.49. The van der Waals surface area contributed by atoms with Crippen LogP contribution in [0.25, 0.3) is 0 Å². The van der Waals surface area contributed by atoms with E-state index in [0.29, 0.717) is 12.0 Å². The molecule has 1 heterocycles. The largest absolute Gasteiger partial charge is 0.493 e. The Morgan fingerprint density at radius 1 is 1.19 bits per heavy atom. The molecule has 21 heavy (non-hydrogen) atoms. The van der Waals surface area contributed by atoms with Crippen molar-refractivity contribution >= 4 is 0 Å². The summed E-state index contributed by atoms with van der Waals surface area (Å²) in [7, 11) is 0. The summed E-state index contributed by atoms with van der Waals surface area (Å²) in [5, 5.41) is 0. The Hall–Kier alpha value is -1.87. The van der Waals surface area contributed by atoms with Gasteiger partial charge in [-0.1, -0.05) is 36.4 Å². The topological polar surface area (TPSA) is 35.2 Å². The van der Waals surface area contributed by atoms with Crippen LogP contribution in [-0.4, -0.2) is 6.61 Å². The van der Waals surface area contributed by atoms with Gasteiger partial charge in [-0.3, -0.25) is 0 Å². The number of nitrogens with two attached hydrogens (primary N) is 1. The maximum atomic E-state index is 13.9. The molecule has 0 aliphatic carbocycles. The fourth-order valence-electron chi connectivity index (χ4n) is 2.97. The van der Waals surface area contributed by atoms with E-state index in [1.54, 1.807) is 12.1 Å². The molecule has 0 bridgehead atoms. The van der Waals surface area contributed by atoms with Gasteiger partial charge in [-0.15, -0.1) is 0 Å². The Morgan fingerprint density at radius 3 is 2.81 bits per heavy atom. The molecule has 2 N–H and O–H groups in total. The Balaban J connectivity index is 1.97. The molecular weight excluding hydrogens is 265 g/mol. The van der Waals surface area contributed by atoms with E-state index >= 15 is 0 Å². The Kier molecular flexibility index (Phi) is 3.68. The monoisotopic (exact) mass is 285 g/mol. The van der Waals surface area contributed by atoms with E-state index in [9.17, 15) is 4.39 Å². The fourth-order valence-corrected chi connectivity index (χ4v) is 2.97. The van der Waals surface area contributed by atoms with E-state index in [-0.39, 0.29) is 5.82 Å². The summed E-state index contributed by atoms with van der Waals surface area (Å²) in [5.41, 5.74) is 8.65. The zero-order valence-electron chi connectivity index (χ0n) is 12.2. The lowest BCUT2D eigenvalue weighted by atomic mass is 9.84. The lowest BCUT2D eigenvalue weighted by molar-refractivity contribution is 0.277. The molecule has 1 unspecified atom stereocenters. The van der Waals surface area contributed by atoms with Crippen molar-refractivity contribution in [1.82, 2.24) is 0 Å². The molecule has 2 aromatic carbocycles. The van der Waals surface area contributed by atoms with Crippen molar-refractivity contribution in [1.29, 1.82) is 0 Å². The first kappa shape index (κ1) is 14.1. The third-order valence-corrected chi connectivity index (χ3v) is 4.06.